The molecule has 0 aromatic rings. The molecule has 1 nitrogen and oxygen atoms in total. The van der Waals surface area contributed by atoms with E-state index in [1.165, 1.54) is 0 Å². The first-order valence-electron chi connectivity index (χ1n) is 3.21. The molecule has 12 heavy (non-hydrogen) atoms. The molecule has 0 amide bonds. The SMILES string of the molecule is C#CNCC(F)(F)CC(C)(F)F. The van der Waals surface area contributed by atoms with Gasteiger partial charge in [-0.25, -0.2) is 17.6 Å². The van der Waals surface area contributed by atoms with Crippen LogP contribution in [0.15, 0.2) is 0 Å². The van der Waals surface area contributed by atoms with Crippen molar-refractivity contribution < 1.29 is 17.6 Å². The molecule has 0 saturated heterocycles. The monoisotopic (exact) mass is 183 g/mol. The molecule has 0 aliphatic heterocycles. The Bertz CT molecular complexity index is 177. The number of alkyl halides is 4. The van der Waals surface area contributed by atoms with Gasteiger partial charge >= 0.3 is 0 Å². The van der Waals surface area contributed by atoms with Crippen molar-refractivity contribution in [2.45, 2.75) is 25.2 Å². The highest BCUT2D eigenvalue weighted by molar-refractivity contribution is 4.85. The lowest BCUT2D eigenvalue weighted by atomic mass is 10.1. The summed E-state index contributed by atoms with van der Waals surface area (Å²) >= 11 is 0. The predicted octanol–water partition coefficient (Wildman–Crippen LogP) is 1.85. The van der Waals surface area contributed by atoms with Crippen molar-refractivity contribution in [3.8, 4) is 12.5 Å². The molecule has 0 fully saturated rings. The Balaban J connectivity index is 3.97. The fourth-order valence-electron chi connectivity index (χ4n) is 0.697. The highest BCUT2D eigenvalue weighted by atomic mass is 19.3. The van der Waals surface area contributed by atoms with Crippen molar-refractivity contribution in [1.29, 1.82) is 0 Å². The maximum Gasteiger partial charge on any atom is 0.271 e. The highest BCUT2D eigenvalue weighted by Crippen LogP contribution is 2.29. The first-order chi connectivity index (χ1) is 5.27. The Morgan fingerprint density at radius 3 is 2.17 bits per heavy atom. The van der Waals surface area contributed by atoms with Gasteiger partial charge in [-0.05, 0) is 6.92 Å². The van der Waals surface area contributed by atoms with Crippen molar-refractivity contribution in [2.24, 2.45) is 0 Å². The summed E-state index contributed by atoms with van der Waals surface area (Å²) < 4.78 is 49.1. The topological polar surface area (TPSA) is 12.0 Å². The minimum absolute atomic E-state index is 0.441. The number of nitrogens with one attached hydrogen (secondary N) is 1. The van der Waals surface area contributed by atoms with Gasteiger partial charge < -0.3 is 5.32 Å². The Labute approximate surface area is 68.1 Å². The van der Waals surface area contributed by atoms with Crippen LogP contribution >= 0.6 is 0 Å². The summed E-state index contributed by atoms with van der Waals surface area (Å²) in [4.78, 5) is 0. The van der Waals surface area contributed by atoms with E-state index in [1.807, 2.05) is 5.32 Å². The Morgan fingerprint density at radius 2 is 1.83 bits per heavy atom. The van der Waals surface area contributed by atoms with Crippen LogP contribution in [0.25, 0.3) is 0 Å². The van der Waals surface area contributed by atoms with Crippen LogP contribution in [0.4, 0.5) is 17.6 Å². The molecule has 70 valence electrons. The third-order valence-corrected chi connectivity index (χ3v) is 1.02. The van der Waals surface area contributed by atoms with E-state index in [0.29, 0.717) is 6.92 Å². The summed E-state index contributed by atoms with van der Waals surface area (Å²) in [6, 6.07) is 1.73. The van der Waals surface area contributed by atoms with Gasteiger partial charge in [-0.15, -0.1) is 0 Å². The lowest BCUT2D eigenvalue weighted by Crippen LogP contribution is -2.35. The van der Waals surface area contributed by atoms with Crippen LogP contribution in [0.2, 0.25) is 0 Å². The zero-order valence-corrected chi connectivity index (χ0v) is 6.50. The Hall–Kier alpha value is -0.920. The highest BCUT2D eigenvalue weighted by Gasteiger charge is 2.39. The molecule has 0 saturated carbocycles. The summed E-state index contributed by atoms with van der Waals surface area (Å²) in [5.74, 6) is -6.84. The minimum atomic E-state index is -3.47. The van der Waals surface area contributed by atoms with Gasteiger partial charge in [0.15, 0.2) is 0 Å². The Morgan fingerprint density at radius 1 is 1.33 bits per heavy atom. The van der Waals surface area contributed by atoms with E-state index < -0.39 is 24.8 Å². The van der Waals surface area contributed by atoms with E-state index in [-0.39, 0.29) is 0 Å². The molecular formula is C7H9F4N. The lowest BCUT2D eigenvalue weighted by Gasteiger charge is -2.19. The maximum absolute atomic E-state index is 12.5. The molecule has 0 atom stereocenters. The summed E-state index contributed by atoms with van der Waals surface area (Å²) in [5.41, 5.74) is 0. The molecule has 0 aromatic heterocycles. The van der Waals surface area contributed by atoms with Gasteiger partial charge in [-0.1, -0.05) is 6.42 Å². The molecule has 0 heterocycles. The quantitative estimate of drug-likeness (QED) is 0.398. The van der Waals surface area contributed by atoms with Crippen LogP contribution in [0.1, 0.15) is 13.3 Å². The molecular weight excluding hydrogens is 174 g/mol. The Kier molecular flexibility index (Phi) is 3.37. The van der Waals surface area contributed by atoms with E-state index in [4.69, 9.17) is 0 Å². The van der Waals surface area contributed by atoms with Crippen LogP contribution in [0.5, 0.6) is 0 Å². The molecule has 0 spiro atoms. The smallest absolute Gasteiger partial charge is 0.271 e. The molecule has 0 rings (SSSR count). The molecule has 0 unspecified atom stereocenters. The standard InChI is InChI=1S/C7H9F4N/c1-3-12-5-7(10,11)4-6(2,8)9/h1,12H,4-5H2,2H3. The van der Waals surface area contributed by atoms with Crippen molar-refractivity contribution >= 4 is 0 Å². The average Bonchev–Trinajstić information content (AvgIpc) is 1.78. The molecule has 0 aliphatic rings. The van der Waals surface area contributed by atoms with Gasteiger partial charge in [0.25, 0.3) is 11.8 Å². The largest absolute Gasteiger partial charge is 0.340 e. The molecule has 1 N–H and O–H groups in total. The molecule has 0 radical (unpaired) electrons. The van der Waals surface area contributed by atoms with Gasteiger partial charge in [0.05, 0.1) is 13.0 Å². The van der Waals surface area contributed by atoms with Gasteiger partial charge in [0.2, 0.25) is 0 Å². The van der Waals surface area contributed by atoms with E-state index in [2.05, 4.69) is 6.42 Å². The van der Waals surface area contributed by atoms with E-state index in [0.717, 1.165) is 0 Å². The number of terminal acetylenes is 1. The average molecular weight is 183 g/mol. The zero-order valence-electron chi connectivity index (χ0n) is 6.50. The van der Waals surface area contributed by atoms with Crippen molar-refractivity contribution in [3.63, 3.8) is 0 Å². The zero-order chi connectivity index (χ0) is 9.83. The predicted molar refractivity (Wildman–Crippen MR) is 37.0 cm³/mol. The fraction of sp³-hybridized carbons (Fsp3) is 0.714. The van der Waals surface area contributed by atoms with E-state index in [9.17, 15) is 17.6 Å². The van der Waals surface area contributed by atoms with Crippen molar-refractivity contribution in [2.75, 3.05) is 6.54 Å². The first kappa shape index (κ1) is 11.1. The third-order valence-electron chi connectivity index (χ3n) is 1.02. The normalized spacial score (nSPS) is 12.3. The third kappa shape index (κ3) is 5.83. The summed E-state index contributed by atoms with van der Waals surface area (Å²) in [5, 5.41) is 1.86. The molecule has 5 heteroatoms. The van der Waals surface area contributed by atoms with Crippen molar-refractivity contribution in [3.05, 3.63) is 0 Å². The van der Waals surface area contributed by atoms with Gasteiger partial charge in [0.1, 0.15) is 0 Å². The van der Waals surface area contributed by atoms with Crippen LogP contribution in [0.3, 0.4) is 0 Å². The second kappa shape index (κ2) is 3.65. The van der Waals surface area contributed by atoms with Crippen molar-refractivity contribution in [1.82, 2.24) is 5.32 Å². The summed E-state index contributed by atoms with van der Waals surface area (Å²) in [6.07, 6.45) is 3.13. The van der Waals surface area contributed by atoms with Crippen LogP contribution in [-0.4, -0.2) is 18.4 Å². The second-order valence-electron chi connectivity index (χ2n) is 2.60. The van der Waals surface area contributed by atoms with Gasteiger partial charge in [-0.2, -0.15) is 0 Å². The van der Waals surface area contributed by atoms with Crippen LogP contribution < -0.4 is 5.32 Å². The number of halogens is 4. The van der Waals surface area contributed by atoms with Crippen LogP contribution in [-0.2, 0) is 0 Å². The van der Waals surface area contributed by atoms with E-state index in [1.54, 1.807) is 6.04 Å². The number of hydrogen-bond acceptors (Lipinski definition) is 1. The maximum atomic E-state index is 12.5. The van der Waals surface area contributed by atoms with Gasteiger partial charge in [-0.3, -0.25) is 0 Å². The minimum Gasteiger partial charge on any atom is -0.340 e. The van der Waals surface area contributed by atoms with Crippen LogP contribution in [0, 0.1) is 12.5 Å². The lowest BCUT2D eigenvalue weighted by molar-refractivity contribution is -0.0969. The molecule has 0 aliphatic carbocycles. The fourth-order valence-corrected chi connectivity index (χ4v) is 0.697. The number of hydrogen-bond donors (Lipinski definition) is 1. The molecule has 0 aromatic carbocycles. The molecule has 0 bridgehead atoms. The number of rotatable bonds is 4. The first-order valence-corrected chi connectivity index (χ1v) is 3.21. The van der Waals surface area contributed by atoms with E-state index >= 15 is 0 Å². The second-order valence-corrected chi connectivity index (χ2v) is 2.60. The van der Waals surface area contributed by atoms with Gasteiger partial charge in [0, 0.05) is 6.04 Å². The summed E-state index contributed by atoms with van der Waals surface area (Å²) in [6.45, 7) is -0.482. The summed E-state index contributed by atoms with van der Waals surface area (Å²) in [7, 11) is 0.